The van der Waals surface area contributed by atoms with Gasteiger partial charge in [0.05, 0.1) is 11.4 Å². The van der Waals surface area contributed by atoms with Crippen LogP contribution >= 0.6 is 0 Å². The molecule has 28 heavy (non-hydrogen) atoms. The minimum absolute atomic E-state index is 0.0572. The van der Waals surface area contributed by atoms with E-state index in [2.05, 4.69) is 15.0 Å². The molecule has 0 bridgehead atoms. The lowest BCUT2D eigenvalue weighted by molar-refractivity contribution is -0.139. The maximum absolute atomic E-state index is 13.0. The highest BCUT2D eigenvalue weighted by molar-refractivity contribution is 5.84. The van der Waals surface area contributed by atoms with Crippen LogP contribution in [0.3, 0.4) is 0 Å². The van der Waals surface area contributed by atoms with Gasteiger partial charge in [-0.1, -0.05) is 20.8 Å². The lowest BCUT2D eigenvalue weighted by Gasteiger charge is -2.33. The second kappa shape index (κ2) is 7.18. The molecule has 4 rings (SSSR count). The molecular formula is C21H29N5O2. The van der Waals surface area contributed by atoms with Crippen LogP contribution in [0.1, 0.15) is 51.8 Å². The molecule has 0 spiro atoms. The minimum Gasteiger partial charge on any atom is -0.342 e. The molecule has 2 aromatic rings. The summed E-state index contributed by atoms with van der Waals surface area (Å²) < 4.78 is 0. The van der Waals surface area contributed by atoms with E-state index in [0.717, 1.165) is 49.3 Å². The zero-order chi connectivity index (χ0) is 19.9. The number of carbonyl (C=O) groups is 2. The molecule has 2 aromatic heterocycles. The molecule has 2 fully saturated rings. The fraction of sp³-hybridized carbons (Fsp3) is 0.619. The van der Waals surface area contributed by atoms with Crippen LogP contribution in [-0.2, 0) is 9.59 Å². The van der Waals surface area contributed by atoms with Gasteiger partial charge in [0.15, 0.2) is 5.65 Å². The molecule has 7 nitrogen and oxygen atoms in total. The van der Waals surface area contributed by atoms with Crippen LogP contribution in [0.2, 0.25) is 0 Å². The van der Waals surface area contributed by atoms with E-state index in [9.17, 15) is 9.59 Å². The van der Waals surface area contributed by atoms with Crippen molar-refractivity contribution in [3.63, 3.8) is 0 Å². The van der Waals surface area contributed by atoms with Crippen molar-refractivity contribution in [2.45, 2.75) is 46.0 Å². The number of hydrogen-bond donors (Lipinski definition) is 1. The Bertz CT molecular complexity index is 843. The third-order valence-corrected chi connectivity index (χ3v) is 5.94. The Morgan fingerprint density at radius 1 is 1.11 bits per heavy atom. The third-order valence-electron chi connectivity index (χ3n) is 5.94. The van der Waals surface area contributed by atoms with Crippen molar-refractivity contribution in [1.82, 2.24) is 24.8 Å². The number of nitrogens with zero attached hydrogens (tertiary/aromatic N) is 4. The molecule has 2 aliphatic heterocycles. The summed E-state index contributed by atoms with van der Waals surface area (Å²) in [5.74, 6) is 1.59. The summed E-state index contributed by atoms with van der Waals surface area (Å²) in [5.41, 5.74) is 1.33. The first kappa shape index (κ1) is 18.9. The van der Waals surface area contributed by atoms with Gasteiger partial charge in [0, 0.05) is 43.7 Å². The molecule has 2 saturated heterocycles. The first-order chi connectivity index (χ1) is 13.3. The van der Waals surface area contributed by atoms with Crippen LogP contribution in [-0.4, -0.2) is 62.7 Å². The van der Waals surface area contributed by atoms with Crippen molar-refractivity contribution in [3.05, 3.63) is 24.2 Å². The van der Waals surface area contributed by atoms with Gasteiger partial charge in [0.1, 0.15) is 5.82 Å². The maximum Gasteiger partial charge on any atom is 0.227 e. The van der Waals surface area contributed by atoms with Gasteiger partial charge in [-0.2, -0.15) is 0 Å². The summed E-state index contributed by atoms with van der Waals surface area (Å²) in [5, 5.41) is 0. The first-order valence-corrected chi connectivity index (χ1v) is 10.2. The highest BCUT2D eigenvalue weighted by Crippen LogP contribution is 2.30. The number of aromatic amines is 1. The monoisotopic (exact) mass is 383 g/mol. The standard InChI is InChI=1S/C21H29N5O2/c1-21(2,3)20(28)26-12-8-15(13-26)19(27)25-10-6-14(7-11-25)17-23-16-5-4-9-22-18(16)24-17/h4-5,9,14-15H,6-8,10-13H2,1-3H3,(H,22,23,24). The van der Waals surface area contributed by atoms with Crippen LogP contribution in [0.4, 0.5) is 0 Å². The fourth-order valence-electron chi connectivity index (χ4n) is 4.31. The number of piperidine rings is 1. The van der Waals surface area contributed by atoms with Gasteiger partial charge in [0.25, 0.3) is 0 Å². The van der Waals surface area contributed by atoms with Crippen molar-refractivity contribution >= 4 is 23.0 Å². The number of rotatable bonds is 2. The average Bonchev–Trinajstić information content (AvgIpc) is 3.33. The Labute approximate surface area is 165 Å². The highest BCUT2D eigenvalue weighted by Gasteiger charge is 2.38. The molecule has 2 amide bonds. The summed E-state index contributed by atoms with van der Waals surface area (Å²) >= 11 is 0. The van der Waals surface area contributed by atoms with E-state index < -0.39 is 5.41 Å². The molecule has 0 saturated carbocycles. The van der Waals surface area contributed by atoms with Crippen molar-refractivity contribution in [1.29, 1.82) is 0 Å². The molecule has 7 heteroatoms. The molecule has 4 heterocycles. The normalized spacial score (nSPS) is 21.5. The molecular weight excluding hydrogens is 354 g/mol. The van der Waals surface area contributed by atoms with Gasteiger partial charge in [-0.15, -0.1) is 0 Å². The fourth-order valence-corrected chi connectivity index (χ4v) is 4.31. The van der Waals surface area contributed by atoms with Gasteiger partial charge >= 0.3 is 0 Å². The number of carbonyl (C=O) groups excluding carboxylic acids is 2. The number of H-pyrrole nitrogens is 1. The topological polar surface area (TPSA) is 82.2 Å². The van der Waals surface area contributed by atoms with Gasteiger partial charge in [-0.25, -0.2) is 9.97 Å². The predicted molar refractivity (Wildman–Crippen MR) is 107 cm³/mol. The molecule has 0 aromatic carbocycles. The highest BCUT2D eigenvalue weighted by atomic mass is 16.2. The number of nitrogens with one attached hydrogen (secondary N) is 1. The van der Waals surface area contributed by atoms with Crippen molar-refractivity contribution in [2.24, 2.45) is 11.3 Å². The second-order valence-electron chi connectivity index (χ2n) is 9.08. The van der Waals surface area contributed by atoms with Crippen LogP contribution in [0.25, 0.3) is 11.2 Å². The van der Waals surface area contributed by atoms with E-state index >= 15 is 0 Å². The number of amides is 2. The Morgan fingerprint density at radius 2 is 1.82 bits per heavy atom. The van der Waals surface area contributed by atoms with E-state index in [4.69, 9.17) is 0 Å². The number of aromatic nitrogens is 3. The lowest BCUT2D eigenvalue weighted by Crippen LogP contribution is -2.43. The first-order valence-electron chi connectivity index (χ1n) is 10.2. The molecule has 1 atom stereocenters. The van der Waals surface area contributed by atoms with E-state index in [1.807, 2.05) is 42.7 Å². The lowest BCUT2D eigenvalue weighted by atomic mass is 9.94. The van der Waals surface area contributed by atoms with Gasteiger partial charge < -0.3 is 14.8 Å². The Morgan fingerprint density at radius 3 is 2.50 bits per heavy atom. The Kier molecular flexibility index (Phi) is 4.85. The SMILES string of the molecule is CC(C)(C)C(=O)N1CCC(C(=O)N2CCC(c3nc4ncccc4[nH]3)CC2)C1. The summed E-state index contributed by atoms with van der Waals surface area (Å²) in [6, 6.07) is 3.89. The van der Waals surface area contributed by atoms with Crippen LogP contribution < -0.4 is 0 Å². The molecule has 2 aliphatic rings. The van der Waals surface area contributed by atoms with E-state index in [1.165, 1.54) is 0 Å². The summed E-state index contributed by atoms with van der Waals surface area (Å²) in [4.78, 5) is 41.6. The zero-order valence-corrected chi connectivity index (χ0v) is 16.9. The van der Waals surface area contributed by atoms with Crippen molar-refractivity contribution in [3.8, 4) is 0 Å². The van der Waals surface area contributed by atoms with Crippen LogP contribution in [0, 0.1) is 11.3 Å². The zero-order valence-electron chi connectivity index (χ0n) is 16.9. The number of fused-ring (bicyclic) bond motifs is 1. The minimum atomic E-state index is -0.391. The van der Waals surface area contributed by atoms with Crippen LogP contribution in [0.15, 0.2) is 18.3 Å². The van der Waals surface area contributed by atoms with Crippen molar-refractivity contribution in [2.75, 3.05) is 26.2 Å². The summed E-state index contributed by atoms with van der Waals surface area (Å²) in [7, 11) is 0. The average molecular weight is 383 g/mol. The maximum atomic E-state index is 13.0. The number of pyridine rings is 1. The van der Waals surface area contributed by atoms with Gasteiger partial charge in [0.2, 0.25) is 11.8 Å². The van der Waals surface area contributed by atoms with Crippen molar-refractivity contribution < 1.29 is 9.59 Å². The number of likely N-dealkylation sites (tertiary alicyclic amines) is 2. The molecule has 0 radical (unpaired) electrons. The smallest absolute Gasteiger partial charge is 0.227 e. The Balaban J connectivity index is 1.33. The molecule has 150 valence electrons. The predicted octanol–water partition coefficient (Wildman–Crippen LogP) is 2.56. The van der Waals surface area contributed by atoms with Gasteiger partial charge in [-0.05, 0) is 31.4 Å². The van der Waals surface area contributed by atoms with Gasteiger partial charge in [-0.3, -0.25) is 9.59 Å². The summed E-state index contributed by atoms with van der Waals surface area (Å²) in [6.45, 7) is 8.54. The van der Waals surface area contributed by atoms with E-state index in [1.54, 1.807) is 6.20 Å². The largest absolute Gasteiger partial charge is 0.342 e. The van der Waals surface area contributed by atoms with Crippen LogP contribution in [0.5, 0.6) is 0 Å². The quantitative estimate of drug-likeness (QED) is 0.864. The second-order valence-corrected chi connectivity index (χ2v) is 9.08. The number of hydrogen-bond acceptors (Lipinski definition) is 4. The van der Waals surface area contributed by atoms with E-state index in [0.29, 0.717) is 19.0 Å². The molecule has 1 N–H and O–H groups in total. The third kappa shape index (κ3) is 3.62. The summed E-state index contributed by atoms with van der Waals surface area (Å²) in [6.07, 6.45) is 4.34. The molecule has 0 aliphatic carbocycles. The van der Waals surface area contributed by atoms with E-state index in [-0.39, 0.29) is 17.7 Å². The Hall–Kier alpha value is -2.44. The number of imidazole rings is 1. The molecule has 1 unspecified atom stereocenters.